The van der Waals surface area contributed by atoms with E-state index < -0.39 is 5.54 Å². The third kappa shape index (κ3) is 3.54. The Balaban J connectivity index is 1.63. The smallest absolute Gasteiger partial charge is 0.325 e. The lowest BCUT2D eigenvalue weighted by Crippen LogP contribution is -2.41. The highest BCUT2D eigenvalue weighted by atomic mass is 79.9. The SMILES string of the molecule is CC1(c2ccccc2Br)NC(=O)N(CCCOc2ccccc2)C1=O. The molecule has 0 aromatic heterocycles. The van der Waals surface area contributed by atoms with Crippen molar-refractivity contribution < 1.29 is 14.3 Å². The van der Waals surface area contributed by atoms with Gasteiger partial charge in [0.1, 0.15) is 11.3 Å². The van der Waals surface area contributed by atoms with Gasteiger partial charge in [-0.05, 0) is 31.5 Å². The van der Waals surface area contributed by atoms with Crippen molar-refractivity contribution in [3.63, 3.8) is 0 Å². The van der Waals surface area contributed by atoms with Crippen LogP contribution in [0.15, 0.2) is 59.1 Å². The van der Waals surface area contributed by atoms with Crippen LogP contribution < -0.4 is 10.1 Å². The lowest BCUT2D eigenvalue weighted by atomic mass is 9.92. The van der Waals surface area contributed by atoms with E-state index in [2.05, 4.69) is 21.2 Å². The molecule has 1 saturated heterocycles. The summed E-state index contributed by atoms with van der Waals surface area (Å²) < 4.78 is 6.41. The predicted octanol–water partition coefficient (Wildman–Crippen LogP) is 3.69. The highest BCUT2D eigenvalue weighted by Gasteiger charge is 2.49. The maximum absolute atomic E-state index is 12.8. The van der Waals surface area contributed by atoms with E-state index in [1.165, 1.54) is 4.90 Å². The lowest BCUT2D eigenvalue weighted by Gasteiger charge is -2.23. The number of ether oxygens (including phenoxy) is 1. The van der Waals surface area contributed by atoms with Crippen molar-refractivity contribution in [3.8, 4) is 5.75 Å². The van der Waals surface area contributed by atoms with E-state index in [9.17, 15) is 9.59 Å². The molecule has 5 nitrogen and oxygen atoms in total. The Labute approximate surface area is 155 Å². The van der Waals surface area contributed by atoms with Crippen molar-refractivity contribution in [1.82, 2.24) is 10.2 Å². The van der Waals surface area contributed by atoms with Crippen LogP contribution in [0.3, 0.4) is 0 Å². The Kier molecular flexibility index (Phi) is 5.08. The fraction of sp³-hybridized carbons (Fsp3) is 0.263. The van der Waals surface area contributed by atoms with E-state index in [4.69, 9.17) is 4.74 Å². The average molecular weight is 403 g/mol. The molecule has 1 aliphatic rings. The number of nitrogens with one attached hydrogen (secondary N) is 1. The maximum Gasteiger partial charge on any atom is 0.325 e. The highest BCUT2D eigenvalue weighted by molar-refractivity contribution is 9.10. The van der Waals surface area contributed by atoms with Gasteiger partial charge in [-0.2, -0.15) is 0 Å². The second-order valence-corrected chi connectivity index (χ2v) is 6.86. The van der Waals surface area contributed by atoms with Gasteiger partial charge < -0.3 is 10.1 Å². The summed E-state index contributed by atoms with van der Waals surface area (Å²) in [6.07, 6.45) is 0.570. The molecule has 2 aromatic carbocycles. The molecule has 1 aliphatic heterocycles. The summed E-state index contributed by atoms with van der Waals surface area (Å²) in [6, 6.07) is 16.5. The Morgan fingerprint density at radius 1 is 1.08 bits per heavy atom. The minimum absolute atomic E-state index is 0.246. The van der Waals surface area contributed by atoms with Crippen LogP contribution >= 0.6 is 15.9 Å². The van der Waals surface area contributed by atoms with Crippen LogP contribution in [0.25, 0.3) is 0 Å². The number of hydrogen-bond donors (Lipinski definition) is 1. The second kappa shape index (κ2) is 7.27. The predicted molar refractivity (Wildman–Crippen MR) is 98.3 cm³/mol. The molecule has 0 radical (unpaired) electrons. The van der Waals surface area contributed by atoms with Crippen molar-refractivity contribution in [2.24, 2.45) is 0 Å². The Hall–Kier alpha value is -2.34. The molecule has 3 amide bonds. The fourth-order valence-corrected chi connectivity index (χ4v) is 3.56. The largest absolute Gasteiger partial charge is 0.494 e. The molecular formula is C19H19BrN2O3. The number of halogens is 1. The van der Waals surface area contributed by atoms with Gasteiger partial charge in [0.25, 0.3) is 5.91 Å². The zero-order valence-corrected chi connectivity index (χ0v) is 15.5. The van der Waals surface area contributed by atoms with Crippen LogP contribution in [0.4, 0.5) is 4.79 Å². The summed E-state index contributed by atoms with van der Waals surface area (Å²) in [5.41, 5.74) is -0.311. The molecule has 3 rings (SSSR count). The van der Waals surface area contributed by atoms with E-state index >= 15 is 0 Å². The molecular weight excluding hydrogens is 384 g/mol. The summed E-state index contributed by atoms with van der Waals surface area (Å²) in [5.74, 6) is 0.530. The summed E-state index contributed by atoms with van der Waals surface area (Å²) in [5, 5.41) is 2.81. The first kappa shape index (κ1) is 17.5. The van der Waals surface area contributed by atoms with E-state index in [1.807, 2.05) is 54.6 Å². The van der Waals surface area contributed by atoms with Gasteiger partial charge in [-0.15, -0.1) is 0 Å². The first-order valence-electron chi connectivity index (χ1n) is 8.09. The van der Waals surface area contributed by atoms with Gasteiger partial charge in [0.05, 0.1) is 6.61 Å². The van der Waals surface area contributed by atoms with Gasteiger partial charge in [-0.3, -0.25) is 9.69 Å². The lowest BCUT2D eigenvalue weighted by molar-refractivity contribution is -0.131. The molecule has 25 heavy (non-hydrogen) atoms. The number of amides is 3. The zero-order valence-electron chi connectivity index (χ0n) is 13.9. The molecule has 2 aromatic rings. The van der Waals surface area contributed by atoms with Gasteiger partial charge in [0, 0.05) is 16.6 Å². The molecule has 6 heteroatoms. The Bertz CT molecular complexity index is 781. The molecule has 0 bridgehead atoms. The minimum Gasteiger partial charge on any atom is -0.494 e. The monoisotopic (exact) mass is 402 g/mol. The molecule has 0 saturated carbocycles. The van der Waals surface area contributed by atoms with E-state index in [0.29, 0.717) is 19.6 Å². The fourth-order valence-electron chi connectivity index (χ4n) is 2.88. The number of carbonyl (C=O) groups is 2. The summed E-state index contributed by atoms with van der Waals surface area (Å²) in [7, 11) is 0. The van der Waals surface area contributed by atoms with Gasteiger partial charge >= 0.3 is 6.03 Å². The Morgan fingerprint density at radius 2 is 1.76 bits per heavy atom. The van der Waals surface area contributed by atoms with Gasteiger partial charge in [-0.1, -0.05) is 52.3 Å². The average Bonchev–Trinajstić information content (AvgIpc) is 2.83. The first-order chi connectivity index (χ1) is 12.0. The minimum atomic E-state index is -1.06. The second-order valence-electron chi connectivity index (χ2n) is 6.01. The molecule has 1 heterocycles. The molecule has 0 aliphatic carbocycles. The van der Waals surface area contributed by atoms with E-state index in [0.717, 1.165) is 15.8 Å². The molecule has 0 spiro atoms. The van der Waals surface area contributed by atoms with Crippen LogP contribution in [0.5, 0.6) is 5.75 Å². The summed E-state index contributed by atoms with van der Waals surface area (Å²) >= 11 is 3.46. The summed E-state index contributed by atoms with van der Waals surface area (Å²) in [4.78, 5) is 26.4. The summed E-state index contributed by atoms with van der Waals surface area (Å²) in [6.45, 7) is 2.48. The zero-order chi connectivity index (χ0) is 17.9. The van der Waals surface area contributed by atoms with Crippen LogP contribution in [0.1, 0.15) is 18.9 Å². The van der Waals surface area contributed by atoms with Crippen LogP contribution in [-0.4, -0.2) is 30.0 Å². The first-order valence-corrected chi connectivity index (χ1v) is 8.88. The normalized spacial score (nSPS) is 19.8. The molecule has 1 unspecified atom stereocenters. The number of nitrogens with zero attached hydrogens (tertiary/aromatic N) is 1. The highest BCUT2D eigenvalue weighted by Crippen LogP contribution is 2.33. The van der Waals surface area contributed by atoms with Crippen LogP contribution in [0.2, 0.25) is 0 Å². The van der Waals surface area contributed by atoms with Crippen molar-refractivity contribution in [3.05, 3.63) is 64.6 Å². The van der Waals surface area contributed by atoms with Gasteiger partial charge in [0.2, 0.25) is 0 Å². The number of hydrogen-bond acceptors (Lipinski definition) is 3. The maximum atomic E-state index is 12.8. The van der Waals surface area contributed by atoms with E-state index in [1.54, 1.807) is 6.92 Å². The number of urea groups is 1. The topological polar surface area (TPSA) is 58.6 Å². The number of carbonyl (C=O) groups excluding carboxylic acids is 2. The molecule has 1 fully saturated rings. The van der Waals surface area contributed by atoms with Gasteiger partial charge in [-0.25, -0.2) is 4.79 Å². The van der Waals surface area contributed by atoms with Crippen molar-refractivity contribution in [2.75, 3.05) is 13.2 Å². The molecule has 1 N–H and O–H groups in total. The number of imide groups is 1. The standard InChI is InChI=1S/C19H19BrN2O3/c1-19(15-10-5-6-11-16(15)20)17(23)22(18(24)21-19)12-7-13-25-14-8-3-2-4-9-14/h2-6,8-11H,7,12-13H2,1H3,(H,21,24). The Morgan fingerprint density at radius 3 is 2.48 bits per heavy atom. The van der Waals surface area contributed by atoms with Crippen molar-refractivity contribution in [1.29, 1.82) is 0 Å². The van der Waals surface area contributed by atoms with E-state index in [-0.39, 0.29) is 11.9 Å². The van der Waals surface area contributed by atoms with Gasteiger partial charge in [0.15, 0.2) is 0 Å². The van der Waals surface area contributed by atoms with Crippen molar-refractivity contribution >= 4 is 27.9 Å². The number of rotatable bonds is 6. The quantitative estimate of drug-likeness (QED) is 0.591. The van der Waals surface area contributed by atoms with Crippen molar-refractivity contribution in [2.45, 2.75) is 18.9 Å². The number of benzene rings is 2. The third-order valence-corrected chi connectivity index (χ3v) is 4.92. The number of para-hydroxylation sites is 1. The molecule has 130 valence electrons. The molecule has 1 atom stereocenters. The van der Waals surface area contributed by atoms with Crippen LogP contribution in [0, 0.1) is 0 Å². The van der Waals surface area contributed by atoms with Crippen LogP contribution in [-0.2, 0) is 10.3 Å². The third-order valence-electron chi connectivity index (χ3n) is 4.23.